The molecule has 0 bridgehead atoms. The molecule has 3 N–H and O–H groups in total. The van der Waals surface area contributed by atoms with Crippen LogP contribution < -0.4 is 5.73 Å². The van der Waals surface area contributed by atoms with E-state index >= 15 is 0 Å². The summed E-state index contributed by atoms with van der Waals surface area (Å²) in [6.07, 6.45) is 0. The third kappa shape index (κ3) is 2.34. The lowest BCUT2D eigenvalue weighted by Gasteiger charge is -2.29. The molecule has 2 heteroatoms. The van der Waals surface area contributed by atoms with Crippen molar-refractivity contribution < 1.29 is 5.11 Å². The zero-order chi connectivity index (χ0) is 10.8. The predicted octanol–water partition coefficient (Wildman–Crippen LogP) is 2.01. The summed E-state index contributed by atoms with van der Waals surface area (Å²) in [4.78, 5) is 0. The average Bonchev–Trinajstić information content (AvgIpc) is 2.18. The second-order valence-corrected chi connectivity index (χ2v) is 4.54. The average molecular weight is 193 g/mol. The van der Waals surface area contributed by atoms with Crippen LogP contribution in [-0.4, -0.2) is 11.7 Å². The van der Waals surface area contributed by atoms with Crippen LogP contribution >= 0.6 is 0 Å². The van der Waals surface area contributed by atoms with Gasteiger partial charge in [0.25, 0.3) is 0 Å². The first-order valence-electron chi connectivity index (χ1n) is 4.90. The Morgan fingerprint density at radius 3 is 2.21 bits per heavy atom. The standard InChI is InChI=1S/C12H19NO/c1-9-4-6-10(7-5-9)11(13)12(2,3)8-14/h4-7,11,14H,8,13H2,1-3H3/t11-/m1/s1. The molecule has 1 aromatic carbocycles. The van der Waals surface area contributed by atoms with Gasteiger partial charge in [0, 0.05) is 18.1 Å². The Morgan fingerprint density at radius 2 is 1.79 bits per heavy atom. The van der Waals surface area contributed by atoms with Gasteiger partial charge in [-0.2, -0.15) is 0 Å². The molecule has 78 valence electrons. The second-order valence-electron chi connectivity index (χ2n) is 4.54. The van der Waals surface area contributed by atoms with Crippen molar-refractivity contribution >= 4 is 0 Å². The van der Waals surface area contributed by atoms with Crippen molar-refractivity contribution in [3.63, 3.8) is 0 Å². The zero-order valence-corrected chi connectivity index (χ0v) is 9.12. The topological polar surface area (TPSA) is 46.2 Å². The highest BCUT2D eigenvalue weighted by Crippen LogP contribution is 2.30. The molecule has 0 aliphatic carbocycles. The van der Waals surface area contributed by atoms with Crippen LogP contribution in [0.3, 0.4) is 0 Å². The molecule has 0 aliphatic rings. The monoisotopic (exact) mass is 193 g/mol. The summed E-state index contributed by atoms with van der Waals surface area (Å²) in [7, 11) is 0. The van der Waals surface area contributed by atoms with E-state index in [4.69, 9.17) is 5.73 Å². The van der Waals surface area contributed by atoms with Gasteiger partial charge in [0.1, 0.15) is 0 Å². The quantitative estimate of drug-likeness (QED) is 0.771. The van der Waals surface area contributed by atoms with E-state index in [0.29, 0.717) is 0 Å². The molecule has 1 rings (SSSR count). The van der Waals surface area contributed by atoms with Crippen LogP contribution in [0.4, 0.5) is 0 Å². The summed E-state index contributed by atoms with van der Waals surface area (Å²) in [5.41, 5.74) is 8.11. The van der Waals surface area contributed by atoms with Crippen molar-refractivity contribution in [3.8, 4) is 0 Å². The number of hydrogen-bond acceptors (Lipinski definition) is 2. The van der Waals surface area contributed by atoms with Gasteiger partial charge in [0.05, 0.1) is 0 Å². The molecule has 0 saturated carbocycles. The van der Waals surface area contributed by atoms with Crippen LogP contribution in [0, 0.1) is 12.3 Å². The molecule has 0 fully saturated rings. The molecule has 0 saturated heterocycles. The normalized spacial score (nSPS) is 14.1. The van der Waals surface area contributed by atoms with E-state index in [1.807, 2.05) is 45.0 Å². The molecular weight excluding hydrogens is 174 g/mol. The van der Waals surface area contributed by atoms with E-state index in [2.05, 4.69) is 0 Å². The summed E-state index contributed by atoms with van der Waals surface area (Å²) in [5.74, 6) is 0. The van der Waals surface area contributed by atoms with Crippen LogP contribution in [0.5, 0.6) is 0 Å². The minimum Gasteiger partial charge on any atom is -0.396 e. The van der Waals surface area contributed by atoms with Crippen molar-refractivity contribution in [1.82, 2.24) is 0 Å². The van der Waals surface area contributed by atoms with Gasteiger partial charge in [-0.15, -0.1) is 0 Å². The summed E-state index contributed by atoms with van der Waals surface area (Å²) in [6.45, 7) is 6.09. The van der Waals surface area contributed by atoms with Crippen LogP contribution in [-0.2, 0) is 0 Å². The summed E-state index contributed by atoms with van der Waals surface area (Å²) >= 11 is 0. The third-order valence-electron chi connectivity index (χ3n) is 2.69. The van der Waals surface area contributed by atoms with E-state index in [1.54, 1.807) is 0 Å². The highest BCUT2D eigenvalue weighted by Gasteiger charge is 2.26. The van der Waals surface area contributed by atoms with Gasteiger partial charge in [0.2, 0.25) is 0 Å². The van der Waals surface area contributed by atoms with Crippen molar-refractivity contribution in [3.05, 3.63) is 35.4 Å². The van der Waals surface area contributed by atoms with E-state index in [1.165, 1.54) is 5.56 Å². The molecule has 1 atom stereocenters. The molecule has 0 aliphatic heterocycles. The van der Waals surface area contributed by atoms with Gasteiger partial charge in [-0.05, 0) is 12.5 Å². The lowest BCUT2D eigenvalue weighted by atomic mass is 9.82. The molecule has 0 amide bonds. The van der Waals surface area contributed by atoms with Gasteiger partial charge in [-0.3, -0.25) is 0 Å². The fraction of sp³-hybridized carbons (Fsp3) is 0.500. The number of aliphatic hydroxyl groups is 1. The van der Waals surface area contributed by atoms with Crippen LogP contribution in [0.2, 0.25) is 0 Å². The van der Waals surface area contributed by atoms with Gasteiger partial charge < -0.3 is 10.8 Å². The summed E-state index contributed by atoms with van der Waals surface area (Å²) in [5, 5.41) is 9.20. The molecule has 0 unspecified atom stereocenters. The van der Waals surface area contributed by atoms with Gasteiger partial charge >= 0.3 is 0 Å². The van der Waals surface area contributed by atoms with Crippen molar-refractivity contribution in [2.75, 3.05) is 6.61 Å². The molecular formula is C12H19NO. The Hall–Kier alpha value is -0.860. The van der Waals surface area contributed by atoms with E-state index < -0.39 is 0 Å². The number of aliphatic hydroxyl groups excluding tert-OH is 1. The number of rotatable bonds is 3. The van der Waals surface area contributed by atoms with Crippen molar-refractivity contribution in [1.29, 1.82) is 0 Å². The minimum atomic E-state index is -0.269. The maximum absolute atomic E-state index is 9.20. The largest absolute Gasteiger partial charge is 0.396 e. The van der Waals surface area contributed by atoms with Crippen LogP contribution in [0.25, 0.3) is 0 Å². The number of hydrogen-bond donors (Lipinski definition) is 2. The maximum Gasteiger partial charge on any atom is 0.0500 e. The predicted molar refractivity (Wildman–Crippen MR) is 59.0 cm³/mol. The first-order valence-corrected chi connectivity index (χ1v) is 4.90. The number of benzene rings is 1. The first kappa shape index (κ1) is 11.2. The Morgan fingerprint density at radius 1 is 1.29 bits per heavy atom. The summed E-state index contributed by atoms with van der Waals surface area (Å²) in [6, 6.07) is 8.02. The molecule has 1 aromatic rings. The molecule has 0 spiro atoms. The lowest BCUT2D eigenvalue weighted by molar-refractivity contribution is 0.132. The lowest BCUT2D eigenvalue weighted by Crippen LogP contribution is -2.32. The molecule has 2 nitrogen and oxygen atoms in total. The second kappa shape index (κ2) is 4.11. The molecule has 0 radical (unpaired) electrons. The molecule has 14 heavy (non-hydrogen) atoms. The minimum absolute atomic E-state index is 0.0992. The smallest absolute Gasteiger partial charge is 0.0500 e. The first-order chi connectivity index (χ1) is 6.47. The van der Waals surface area contributed by atoms with Crippen LogP contribution in [0.1, 0.15) is 31.0 Å². The fourth-order valence-corrected chi connectivity index (χ4v) is 1.32. The van der Waals surface area contributed by atoms with Gasteiger partial charge in [0.15, 0.2) is 0 Å². The maximum atomic E-state index is 9.20. The van der Waals surface area contributed by atoms with E-state index in [-0.39, 0.29) is 18.1 Å². The Balaban J connectivity index is 2.89. The van der Waals surface area contributed by atoms with Crippen LogP contribution in [0.15, 0.2) is 24.3 Å². The SMILES string of the molecule is Cc1ccc([C@@H](N)C(C)(C)CO)cc1. The Labute approximate surface area is 85.8 Å². The summed E-state index contributed by atoms with van der Waals surface area (Å²) < 4.78 is 0. The highest BCUT2D eigenvalue weighted by molar-refractivity contribution is 5.25. The van der Waals surface area contributed by atoms with Crippen molar-refractivity contribution in [2.24, 2.45) is 11.1 Å². The third-order valence-corrected chi connectivity index (χ3v) is 2.69. The van der Waals surface area contributed by atoms with E-state index in [9.17, 15) is 5.11 Å². The fourth-order valence-electron chi connectivity index (χ4n) is 1.32. The Bertz CT molecular complexity index is 290. The van der Waals surface area contributed by atoms with E-state index in [0.717, 1.165) is 5.56 Å². The molecule has 0 heterocycles. The van der Waals surface area contributed by atoms with Gasteiger partial charge in [-0.1, -0.05) is 43.7 Å². The molecule has 0 aromatic heterocycles. The zero-order valence-electron chi connectivity index (χ0n) is 9.12. The van der Waals surface area contributed by atoms with Gasteiger partial charge in [-0.25, -0.2) is 0 Å². The highest BCUT2D eigenvalue weighted by atomic mass is 16.3. The Kier molecular flexibility index (Phi) is 3.29. The van der Waals surface area contributed by atoms with Crippen molar-refractivity contribution in [2.45, 2.75) is 26.8 Å². The number of nitrogens with two attached hydrogens (primary N) is 1. The number of aryl methyl sites for hydroxylation is 1.